The zero-order valence-corrected chi connectivity index (χ0v) is 16.9. The minimum absolute atomic E-state index is 0.0925. The summed E-state index contributed by atoms with van der Waals surface area (Å²) in [6.07, 6.45) is 2.00. The molecule has 0 saturated heterocycles. The summed E-state index contributed by atoms with van der Waals surface area (Å²) in [5, 5.41) is 20.0. The summed E-state index contributed by atoms with van der Waals surface area (Å²) in [6, 6.07) is 23.5. The number of rotatable bonds is 3. The van der Waals surface area contributed by atoms with E-state index in [4.69, 9.17) is 4.74 Å². The Morgan fingerprint density at radius 2 is 1.55 bits per heavy atom. The maximum atomic E-state index is 13.1. The SMILES string of the molecule is CC(C)(C)OC(=O)C1CC(C#N)(C#N)C(c2ccccc2)=CC1c1ccccc1. The number of hydrogen-bond donors (Lipinski definition) is 0. The lowest BCUT2D eigenvalue weighted by molar-refractivity contribution is -0.161. The number of carbonyl (C=O) groups is 1. The number of hydrogen-bond acceptors (Lipinski definition) is 4. The third-order valence-electron chi connectivity index (χ3n) is 5.13. The molecule has 0 fully saturated rings. The summed E-state index contributed by atoms with van der Waals surface area (Å²) in [5.41, 5.74) is 0.370. The number of nitrogens with zero attached hydrogens (tertiary/aromatic N) is 2. The largest absolute Gasteiger partial charge is 0.460 e. The van der Waals surface area contributed by atoms with Gasteiger partial charge >= 0.3 is 5.97 Å². The number of esters is 1. The number of benzene rings is 2. The lowest BCUT2D eigenvalue weighted by Crippen LogP contribution is -2.38. The molecule has 2 aromatic carbocycles. The van der Waals surface area contributed by atoms with Crippen LogP contribution in [0, 0.1) is 34.0 Å². The van der Waals surface area contributed by atoms with Gasteiger partial charge in [-0.2, -0.15) is 10.5 Å². The van der Waals surface area contributed by atoms with E-state index in [9.17, 15) is 15.3 Å². The van der Waals surface area contributed by atoms with E-state index >= 15 is 0 Å². The summed E-state index contributed by atoms with van der Waals surface area (Å²) in [4.78, 5) is 13.1. The summed E-state index contributed by atoms with van der Waals surface area (Å²) in [7, 11) is 0. The molecule has 0 heterocycles. The van der Waals surface area contributed by atoms with E-state index in [0.717, 1.165) is 11.1 Å². The van der Waals surface area contributed by atoms with Gasteiger partial charge < -0.3 is 4.74 Å². The molecule has 0 radical (unpaired) electrons. The van der Waals surface area contributed by atoms with Gasteiger partial charge in [0.15, 0.2) is 5.41 Å². The Hall–Kier alpha value is -3.37. The predicted molar refractivity (Wildman–Crippen MR) is 111 cm³/mol. The first-order valence-electron chi connectivity index (χ1n) is 9.68. The number of carbonyl (C=O) groups excluding carboxylic acids is 1. The molecule has 1 aliphatic rings. The maximum absolute atomic E-state index is 13.1. The number of allylic oxidation sites excluding steroid dienone is 2. The van der Waals surface area contributed by atoms with Crippen LogP contribution in [-0.2, 0) is 9.53 Å². The highest BCUT2D eigenvalue weighted by molar-refractivity contribution is 5.83. The Morgan fingerprint density at radius 1 is 1.00 bits per heavy atom. The van der Waals surface area contributed by atoms with E-state index in [0.29, 0.717) is 5.57 Å². The predicted octanol–water partition coefficient (Wildman–Crippen LogP) is 5.25. The van der Waals surface area contributed by atoms with Gasteiger partial charge in [0.1, 0.15) is 5.60 Å². The van der Waals surface area contributed by atoms with Gasteiger partial charge in [-0.3, -0.25) is 4.79 Å². The normalized spacial score (nSPS) is 20.7. The quantitative estimate of drug-likeness (QED) is 0.678. The molecule has 0 bridgehead atoms. The molecule has 0 N–H and O–H groups in total. The second-order valence-electron chi connectivity index (χ2n) is 8.36. The molecule has 2 atom stereocenters. The van der Waals surface area contributed by atoms with Crippen LogP contribution in [0.1, 0.15) is 44.2 Å². The van der Waals surface area contributed by atoms with E-state index < -0.39 is 16.9 Å². The highest BCUT2D eigenvalue weighted by Crippen LogP contribution is 2.50. The van der Waals surface area contributed by atoms with Gasteiger partial charge in [0, 0.05) is 5.92 Å². The van der Waals surface area contributed by atoms with Crippen LogP contribution in [0.4, 0.5) is 0 Å². The van der Waals surface area contributed by atoms with Crippen molar-refractivity contribution >= 4 is 11.5 Å². The van der Waals surface area contributed by atoms with Crippen molar-refractivity contribution in [2.24, 2.45) is 11.3 Å². The first-order valence-corrected chi connectivity index (χ1v) is 9.68. The van der Waals surface area contributed by atoms with Crippen LogP contribution < -0.4 is 0 Å². The van der Waals surface area contributed by atoms with Crippen LogP contribution >= 0.6 is 0 Å². The lowest BCUT2D eigenvalue weighted by atomic mass is 9.63. The Labute approximate surface area is 172 Å². The van der Waals surface area contributed by atoms with Crippen molar-refractivity contribution in [3.63, 3.8) is 0 Å². The molecule has 3 rings (SSSR count). The Kier molecular flexibility index (Phi) is 5.57. The fraction of sp³-hybridized carbons (Fsp3) is 0.320. The molecule has 1 aliphatic carbocycles. The topological polar surface area (TPSA) is 73.9 Å². The molecule has 2 unspecified atom stereocenters. The van der Waals surface area contributed by atoms with Gasteiger partial charge in [-0.1, -0.05) is 66.7 Å². The summed E-state index contributed by atoms with van der Waals surface area (Å²) in [5.74, 6) is -1.29. The van der Waals surface area contributed by atoms with Crippen LogP contribution in [-0.4, -0.2) is 11.6 Å². The van der Waals surface area contributed by atoms with Crippen molar-refractivity contribution in [2.75, 3.05) is 0 Å². The van der Waals surface area contributed by atoms with Crippen molar-refractivity contribution in [1.82, 2.24) is 0 Å². The smallest absolute Gasteiger partial charge is 0.310 e. The van der Waals surface area contributed by atoms with Crippen LogP contribution in [0.15, 0.2) is 66.7 Å². The van der Waals surface area contributed by atoms with E-state index in [-0.39, 0.29) is 18.3 Å². The molecule has 0 aliphatic heterocycles. The van der Waals surface area contributed by atoms with Crippen molar-refractivity contribution in [2.45, 2.75) is 38.7 Å². The second kappa shape index (κ2) is 7.94. The third-order valence-corrected chi connectivity index (χ3v) is 5.13. The highest BCUT2D eigenvalue weighted by atomic mass is 16.6. The van der Waals surface area contributed by atoms with Crippen molar-refractivity contribution in [3.8, 4) is 12.1 Å². The van der Waals surface area contributed by atoms with E-state index in [2.05, 4.69) is 12.1 Å². The molecular weight excluding hydrogens is 360 g/mol. The minimum atomic E-state index is -1.41. The van der Waals surface area contributed by atoms with Crippen molar-refractivity contribution in [3.05, 3.63) is 77.9 Å². The molecule has 146 valence electrons. The van der Waals surface area contributed by atoms with Crippen molar-refractivity contribution in [1.29, 1.82) is 10.5 Å². The molecule has 4 nitrogen and oxygen atoms in total. The van der Waals surface area contributed by atoms with Crippen LogP contribution in [0.2, 0.25) is 0 Å². The molecule has 0 saturated carbocycles. The van der Waals surface area contributed by atoms with Gasteiger partial charge in [-0.15, -0.1) is 0 Å². The second-order valence-corrected chi connectivity index (χ2v) is 8.36. The summed E-state index contributed by atoms with van der Waals surface area (Å²) in [6.45, 7) is 5.45. The standard InChI is InChI=1S/C25H24N2O2/c1-24(2,3)29-23(28)21-15-25(16-26,17-27)22(19-12-8-5-9-13-19)14-20(21)18-10-6-4-7-11-18/h4-14,20-21H,15H2,1-3H3. The summed E-state index contributed by atoms with van der Waals surface area (Å²) < 4.78 is 5.67. The molecule has 0 amide bonds. The van der Waals surface area contributed by atoms with E-state index in [1.165, 1.54) is 0 Å². The highest BCUT2D eigenvalue weighted by Gasteiger charge is 2.48. The molecule has 0 spiro atoms. The van der Waals surface area contributed by atoms with Gasteiger partial charge in [0.05, 0.1) is 18.1 Å². The van der Waals surface area contributed by atoms with Crippen LogP contribution in [0.25, 0.3) is 5.57 Å². The lowest BCUT2D eigenvalue weighted by Gasteiger charge is -2.37. The average Bonchev–Trinajstić information content (AvgIpc) is 2.72. The fourth-order valence-corrected chi connectivity index (χ4v) is 3.81. The Balaban J connectivity index is 2.18. The zero-order chi connectivity index (χ0) is 21.1. The van der Waals surface area contributed by atoms with Crippen LogP contribution in [0.5, 0.6) is 0 Å². The van der Waals surface area contributed by atoms with E-state index in [1.54, 1.807) is 0 Å². The average molecular weight is 384 g/mol. The number of nitriles is 2. The Bertz CT molecular complexity index is 975. The minimum Gasteiger partial charge on any atom is -0.460 e. The first kappa shape index (κ1) is 20.4. The zero-order valence-electron chi connectivity index (χ0n) is 16.9. The molecule has 0 aromatic heterocycles. The first-order chi connectivity index (χ1) is 13.8. The monoisotopic (exact) mass is 384 g/mol. The molecule has 29 heavy (non-hydrogen) atoms. The molecule has 2 aromatic rings. The summed E-state index contributed by atoms with van der Waals surface area (Å²) >= 11 is 0. The van der Waals surface area contributed by atoms with E-state index in [1.807, 2.05) is 87.5 Å². The molecule has 4 heteroatoms. The van der Waals surface area contributed by atoms with Gasteiger partial charge in [0.25, 0.3) is 0 Å². The Morgan fingerprint density at radius 3 is 2.07 bits per heavy atom. The third kappa shape index (κ3) is 4.23. The van der Waals surface area contributed by atoms with Gasteiger partial charge in [-0.25, -0.2) is 0 Å². The van der Waals surface area contributed by atoms with Gasteiger partial charge in [-0.05, 0) is 43.9 Å². The fourth-order valence-electron chi connectivity index (χ4n) is 3.81. The number of ether oxygens (including phenoxy) is 1. The van der Waals surface area contributed by atoms with Crippen molar-refractivity contribution < 1.29 is 9.53 Å². The maximum Gasteiger partial charge on any atom is 0.310 e. The van der Waals surface area contributed by atoms with Gasteiger partial charge in [0.2, 0.25) is 0 Å². The van der Waals surface area contributed by atoms with Crippen LogP contribution in [0.3, 0.4) is 0 Å². The molecular formula is C25H24N2O2.